The van der Waals surface area contributed by atoms with Crippen LogP contribution < -0.4 is 16.2 Å². The molecule has 2 fully saturated rings. The van der Waals surface area contributed by atoms with E-state index in [0.717, 1.165) is 30.9 Å². The number of nitrogens with zero attached hydrogens (tertiary/aromatic N) is 2. The molecule has 6 nitrogen and oxygen atoms in total. The van der Waals surface area contributed by atoms with E-state index in [4.69, 9.17) is 0 Å². The SMILES string of the molecule is CC1NNC(C)C1CNc1cc(C2CC(O)C2)ncn1. The van der Waals surface area contributed by atoms with Gasteiger partial charge in [0.15, 0.2) is 0 Å². The van der Waals surface area contributed by atoms with Gasteiger partial charge in [0.2, 0.25) is 0 Å². The first kappa shape index (κ1) is 13.7. The van der Waals surface area contributed by atoms with Crippen molar-refractivity contribution < 1.29 is 5.11 Å². The van der Waals surface area contributed by atoms with Crippen LogP contribution in [0.1, 0.15) is 38.3 Å². The maximum atomic E-state index is 9.38. The van der Waals surface area contributed by atoms with Crippen LogP contribution in [0.4, 0.5) is 5.82 Å². The van der Waals surface area contributed by atoms with Gasteiger partial charge in [-0.1, -0.05) is 0 Å². The van der Waals surface area contributed by atoms with Gasteiger partial charge in [-0.05, 0) is 26.7 Å². The highest BCUT2D eigenvalue weighted by Crippen LogP contribution is 2.36. The third-order valence-electron chi connectivity index (χ3n) is 4.56. The second kappa shape index (κ2) is 5.63. The summed E-state index contributed by atoms with van der Waals surface area (Å²) in [6.07, 6.45) is 3.10. The number of hydrazine groups is 1. The molecule has 1 saturated heterocycles. The largest absolute Gasteiger partial charge is 0.393 e. The fourth-order valence-electron chi connectivity index (χ4n) is 3.01. The summed E-state index contributed by atoms with van der Waals surface area (Å²) in [4.78, 5) is 8.60. The van der Waals surface area contributed by atoms with Crippen LogP contribution in [0.5, 0.6) is 0 Å². The van der Waals surface area contributed by atoms with Crippen molar-refractivity contribution in [2.75, 3.05) is 11.9 Å². The van der Waals surface area contributed by atoms with Gasteiger partial charge < -0.3 is 10.4 Å². The van der Waals surface area contributed by atoms with E-state index in [9.17, 15) is 5.11 Å². The Hall–Kier alpha value is -1.24. The number of hydrogen-bond acceptors (Lipinski definition) is 6. The lowest BCUT2D eigenvalue weighted by atomic mass is 9.80. The third-order valence-corrected chi connectivity index (χ3v) is 4.56. The molecule has 6 heteroatoms. The highest BCUT2D eigenvalue weighted by molar-refractivity contribution is 5.36. The maximum Gasteiger partial charge on any atom is 0.129 e. The van der Waals surface area contributed by atoms with Gasteiger partial charge in [-0.3, -0.25) is 10.9 Å². The molecule has 110 valence electrons. The number of anilines is 1. The van der Waals surface area contributed by atoms with Crippen LogP contribution in [0.15, 0.2) is 12.4 Å². The smallest absolute Gasteiger partial charge is 0.129 e. The van der Waals surface area contributed by atoms with Crippen LogP contribution >= 0.6 is 0 Å². The summed E-state index contributed by atoms with van der Waals surface area (Å²) < 4.78 is 0. The molecule has 3 rings (SSSR count). The zero-order valence-electron chi connectivity index (χ0n) is 12.0. The molecular formula is C14H23N5O. The Morgan fingerprint density at radius 3 is 2.60 bits per heavy atom. The van der Waals surface area contributed by atoms with Crippen molar-refractivity contribution in [3.05, 3.63) is 18.1 Å². The molecule has 1 aromatic heterocycles. The molecule has 1 saturated carbocycles. The molecule has 0 radical (unpaired) electrons. The highest BCUT2D eigenvalue weighted by Gasteiger charge is 2.31. The Morgan fingerprint density at radius 2 is 1.95 bits per heavy atom. The lowest BCUT2D eigenvalue weighted by Crippen LogP contribution is -2.30. The van der Waals surface area contributed by atoms with Crippen molar-refractivity contribution in [1.82, 2.24) is 20.8 Å². The average Bonchev–Trinajstić information content (AvgIpc) is 2.73. The van der Waals surface area contributed by atoms with Gasteiger partial charge in [0, 0.05) is 42.2 Å². The fourth-order valence-corrected chi connectivity index (χ4v) is 3.01. The molecule has 2 heterocycles. The molecule has 2 unspecified atom stereocenters. The van der Waals surface area contributed by atoms with Gasteiger partial charge >= 0.3 is 0 Å². The van der Waals surface area contributed by atoms with Crippen LogP contribution in [0.3, 0.4) is 0 Å². The van der Waals surface area contributed by atoms with E-state index in [-0.39, 0.29) is 6.10 Å². The standard InChI is InChI=1S/C14H23N5O/c1-8-12(9(2)19-18-8)6-15-14-5-13(16-7-17-14)10-3-11(20)4-10/h5,7-12,18-20H,3-4,6H2,1-2H3,(H,15,16,17). The lowest BCUT2D eigenvalue weighted by Gasteiger charge is -2.30. The number of aliphatic hydroxyl groups is 1. The summed E-state index contributed by atoms with van der Waals surface area (Å²) in [5.74, 6) is 1.79. The summed E-state index contributed by atoms with van der Waals surface area (Å²) in [5.41, 5.74) is 7.55. The molecule has 1 aromatic rings. The van der Waals surface area contributed by atoms with Crippen molar-refractivity contribution in [2.45, 2.75) is 50.8 Å². The Balaban J connectivity index is 1.59. The Morgan fingerprint density at radius 1 is 1.25 bits per heavy atom. The van der Waals surface area contributed by atoms with Gasteiger partial charge in [0.1, 0.15) is 12.1 Å². The average molecular weight is 277 g/mol. The lowest BCUT2D eigenvalue weighted by molar-refractivity contribution is 0.0732. The van der Waals surface area contributed by atoms with E-state index in [2.05, 4.69) is 40.0 Å². The minimum atomic E-state index is -0.149. The second-order valence-corrected chi connectivity index (χ2v) is 6.06. The molecule has 4 N–H and O–H groups in total. The highest BCUT2D eigenvalue weighted by atomic mass is 16.3. The van der Waals surface area contributed by atoms with E-state index in [1.165, 1.54) is 0 Å². The van der Waals surface area contributed by atoms with Gasteiger partial charge in [-0.25, -0.2) is 9.97 Å². The number of aliphatic hydroxyl groups excluding tert-OH is 1. The van der Waals surface area contributed by atoms with Crippen LogP contribution in [0, 0.1) is 5.92 Å². The summed E-state index contributed by atoms with van der Waals surface area (Å²) >= 11 is 0. The van der Waals surface area contributed by atoms with Gasteiger partial charge in [-0.15, -0.1) is 0 Å². The van der Waals surface area contributed by atoms with Crippen molar-refractivity contribution in [1.29, 1.82) is 0 Å². The maximum absolute atomic E-state index is 9.38. The van der Waals surface area contributed by atoms with Gasteiger partial charge in [0.25, 0.3) is 0 Å². The minimum absolute atomic E-state index is 0.149. The third kappa shape index (κ3) is 2.77. The Labute approximate surface area is 119 Å². The predicted octanol–water partition coefficient (Wildman–Crippen LogP) is 0.628. The quantitative estimate of drug-likeness (QED) is 0.646. The first-order valence-corrected chi connectivity index (χ1v) is 7.38. The zero-order valence-corrected chi connectivity index (χ0v) is 12.0. The summed E-state index contributed by atoms with van der Waals surface area (Å²) in [7, 11) is 0. The molecule has 20 heavy (non-hydrogen) atoms. The molecule has 0 aromatic carbocycles. The van der Waals surface area contributed by atoms with Gasteiger partial charge in [0.05, 0.1) is 6.10 Å². The van der Waals surface area contributed by atoms with Crippen molar-refractivity contribution >= 4 is 5.82 Å². The fraction of sp³-hybridized carbons (Fsp3) is 0.714. The number of nitrogens with one attached hydrogen (secondary N) is 3. The molecule has 0 spiro atoms. The summed E-state index contributed by atoms with van der Waals surface area (Å²) in [6.45, 7) is 5.25. The number of hydrogen-bond donors (Lipinski definition) is 4. The Bertz CT molecular complexity index is 453. The monoisotopic (exact) mass is 277 g/mol. The molecule has 1 aliphatic carbocycles. The number of rotatable bonds is 4. The summed E-state index contributed by atoms with van der Waals surface area (Å²) in [6, 6.07) is 2.91. The van der Waals surface area contributed by atoms with Crippen molar-refractivity contribution in [2.24, 2.45) is 5.92 Å². The first-order valence-electron chi connectivity index (χ1n) is 7.38. The molecule has 0 amide bonds. The van der Waals surface area contributed by atoms with Crippen LogP contribution in [0.2, 0.25) is 0 Å². The molecule has 2 aliphatic rings. The predicted molar refractivity (Wildman–Crippen MR) is 77.2 cm³/mol. The molecule has 1 aliphatic heterocycles. The first-order chi connectivity index (χ1) is 9.63. The normalized spacial score (nSPS) is 36.6. The van der Waals surface area contributed by atoms with Crippen LogP contribution in [0.25, 0.3) is 0 Å². The van der Waals surface area contributed by atoms with E-state index >= 15 is 0 Å². The topological polar surface area (TPSA) is 82.1 Å². The van der Waals surface area contributed by atoms with Crippen LogP contribution in [-0.4, -0.2) is 39.8 Å². The second-order valence-electron chi connectivity index (χ2n) is 6.06. The summed E-state index contributed by atoms with van der Waals surface area (Å²) in [5, 5.41) is 12.8. The Kier molecular flexibility index (Phi) is 3.87. The molecule has 0 bridgehead atoms. The van der Waals surface area contributed by atoms with Crippen LogP contribution in [-0.2, 0) is 0 Å². The zero-order chi connectivity index (χ0) is 14.1. The van der Waals surface area contributed by atoms with E-state index in [1.54, 1.807) is 6.33 Å². The number of aromatic nitrogens is 2. The van der Waals surface area contributed by atoms with Crippen molar-refractivity contribution in [3.63, 3.8) is 0 Å². The molecular weight excluding hydrogens is 254 g/mol. The van der Waals surface area contributed by atoms with E-state index in [0.29, 0.717) is 23.9 Å². The molecule has 2 atom stereocenters. The van der Waals surface area contributed by atoms with Crippen molar-refractivity contribution in [3.8, 4) is 0 Å². The minimum Gasteiger partial charge on any atom is -0.393 e. The van der Waals surface area contributed by atoms with E-state index in [1.807, 2.05) is 6.07 Å². The van der Waals surface area contributed by atoms with E-state index < -0.39 is 0 Å². The van der Waals surface area contributed by atoms with Gasteiger partial charge in [-0.2, -0.15) is 0 Å².